The second-order valence-corrected chi connectivity index (χ2v) is 1.74. The second-order valence-electron chi connectivity index (χ2n) is 1.74. The average Bonchev–Trinajstić information content (AvgIpc) is 2.11. The molecule has 0 radical (unpaired) electrons. The highest BCUT2D eigenvalue weighted by molar-refractivity contribution is 4.85. The number of halogens is 3. The number of hydrogen-bond donors (Lipinski definition) is 0. The lowest BCUT2D eigenvalue weighted by atomic mass is 10.6. The zero-order chi connectivity index (χ0) is 7.78. The van der Waals surface area contributed by atoms with Gasteiger partial charge in [0.1, 0.15) is 0 Å². The Morgan fingerprint density at radius 1 is 1.50 bits per heavy atom. The van der Waals surface area contributed by atoms with Crippen LogP contribution in [-0.4, -0.2) is 15.0 Å². The minimum atomic E-state index is -4.49. The van der Waals surface area contributed by atoms with Gasteiger partial charge in [-0.15, -0.1) is 13.2 Å². The molecule has 0 saturated heterocycles. The quantitative estimate of drug-likeness (QED) is 0.555. The van der Waals surface area contributed by atoms with Crippen LogP contribution in [0.4, 0.5) is 13.2 Å². The van der Waals surface area contributed by atoms with Crippen LogP contribution in [0.2, 0.25) is 0 Å². The molecule has 0 aromatic carbocycles. The fourth-order valence-corrected chi connectivity index (χ4v) is 0.461. The maximum Gasteiger partial charge on any atom is 0.521 e. The Kier molecular flexibility index (Phi) is 1.38. The summed E-state index contributed by atoms with van der Waals surface area (Å²) in [6.07, 6.45) is -3.44. The first-order valence-electron chi connectivity index (χ1n) is 2.46. The molecule has 0 unspecified atom stereocenters. The van der Waals surface area contributed by atoms with Gasteiger partial charge >= 0.3 is 6.30 Å². The number of nitrogens with zero attached hydrogens (tertiary/aromatic N) is 3. The zero-order valence-corrected chi connectivity index (χ0v) is 5.05. The molecule has 0 aliphatic rings. The molecule has 0 bridgehead atoms. The molecule has 1 aromatic rings. The van der Waals surface area contributed by atoms with E-state index < -0.39 is 6.30 Å². The minimum absolute atomic E-state index is 0.248. The lowest BCUT2D eigenvalue weighted by molar-refractivity contribution is -0.221. The molecule has 1 heterocycles. The van der Waals surface area contributed by atoms with Crippen molar-refractivity contribution in [2.24, 2.45) is 0 Å². The Hall–Kier alpha value is -1.07. The highest BCUT2D eigenvalue weighted by Gasteiger charge is 2.32. The van der Waals surface area contributed by atoms with Gasteiger partial charge in [-0.1, -0.05) is 4.80 Å². The molecule has 1 aromatic heterocycles. The van der Waals surface area contributed by atoms with Crippen molar-refractivity contribution >= 4 is 0 Å². The van der Waals surface area contributed by atoms with Gasteiger partial charge < -0.3 is 0 Å². The molecule has 0 spiro atoms. The van der Waals surface area contributed by atoms with Gasteiger partial charge in [0.05, 0.1) is 11.9 Å². The monoisotopic (exact) mass is 151 g/mol. The van der Waals surface area contributed by atoms with E-state index in [0.29, 0.717) is 0 Å². The van der Waals surface area contributed by atoms with Gasteiger partial charge in [0.15, 0.2) is 0 Å². The first-order valence-corrected chi connectivity index (χ1v) is 2.46. The number of hydrogen-bond acceptors (Lipinski definition) is 2. The van der Waals surface area contributed by atoms with Gasteiger partial charge in [-0.05, 0) is 6.92 Å². The van der Waals surface area contributed by atoms with Crippen LogP contribution in [0.1, 0.15) is 5.69 Å². The normalized spacial score (nSPS) is 12.0. The van der Waals surface area contributed by atoms with Crippen LogP contribution < -0.4 is 0 Å². The van der Waals surface area contributed by atoms with Crippen molar-refractivity contribution in [3.8, 4) is 0 Å². The lowest BCUT2D eigenvalue weighted by Crippen LogP contribution is -2.19. The fraction of sp³-hybridized carbons (Fsp3) is 0.500. The van der Waals surface area contributed by atoms with Crippen molar-refractivity contribution in [1.29, 1.82) is 0 Å². The largest absolute Gasteiger partial charge is 0.521 e. The van der Waals surface area contributed by atoms with Crippen molar-refractivity contribution in [2.45, 2.75) is 13.2 Å². The highest BCUT2D eigenvalue weighted by atomic mass is 19.4. The van der Waals surface area contributed by atoms with Crippen molar-refractivity contribution in [3.63, 3.8) is 0 Å². The van der Waals surface area contributed by atoms with Crippen LogP contribution in [0.15, 0.2) is 6.20 Å². The molecule has 0 atom stereocenters. The van der Waals surface area contributed by atoms with Crippen molar-refractivity contribution < 1.29 is 13.2 Å². The molecule has 0 fully saturated rings. The molecule has 0 aliphatic heterocycles. The average molecular weight is 151 g/mol. The summed E-state index contributed by atoms with van der Waals surface area (Å²) in [5.74, 6) is 0. The van der Waals surface area contributed by atoms with E-state index in [9.17, 15) is 13.2 Å². The Morgan fingerprint density at radius 3 is 2.30 bits per heavy atom. The van der Waals surface area contributed by atoms with Gasteiger partial charge in [0.25, 0.3) is 0 Å². The van der Waals surface area contributed by atoms with Crippen LogP contribution in [0, 0.1) is 6.92 Å². The summed E-state index contributed by atoms with van der Waals surface area (Å²) in [5.41, 5.74) is 0.248. The number of aryl methyl sites for hydroxylation is 1. The Labute approximate surface area is 54.5 Å². The van der Waals surface area contributed by atoms with Crippen LogP contribution in [0.3, 0.4) is 0 Å². The van der Waals surface area contributed by atoms with Crippen LogP contribution in [0.25, 0.3) is 0 Å². The van der Waals surface area contributed by atoms with Crippen molar-refractivity contribution in [3.05, 3.63) is 11.9 Å². The minimum Gasteiger partial charge on any atom is -0.154 e. The summed E-state index contributed by atoms with van der Waals surface area (Å²) in [7, 11) is 0. The third kappa shape index (κ3) is 1.26. The van der Waals surface area contributed by atoms with Gasteiger partial charge in [-0.2, -0.15) is 10.2 Å². The van der Waals surface area contributed by atoms with E-state index in [1.54, 1.807) is 0 Å². The smallest absolute Gasteiger partial charge is 0.154 e. The van der Waals surface area contributed by atoms with E-state index in [-0.39, 0.29) is 10.5 Å². The van der Waals surface area contributed by atoms with E-state index in [1.807, 2.05) is 0 Å². The Morgan fingerprint density at radius 2 is 2.10 bits per heavy atom. The summed E-state index contributed by atoms with van der Waals surface area (Å²) in [4.78, 5) is -0.275. The molecule has 0 N–H and O–H groups in total. The van der Waals surface area contributed by atoms with Gasteiger partial charge in [0, 0.05) is 0 Å². The lowest BCUT2D eigenvalue weighted by Gasteiger charge is -2.01. The number of alkyl halides is 3. The maximum atomic E-state index is 11.6. The van der Waals surface area contributed by atoms with Crippen LogP contribution in [-0.2, 0) is 6.30 Å². The molecule has 0 amide bonds. The first kappa shape index (κ1) is 7.04. The Bertz CT molecular complexity index is 226. The third-order valence-corrected chi connectivity index (χ3v) is 0.833. The predicted molar refractivity (Wildman–Crippen MR) is 26.1 cm³/mol. The zero-order valence-electron chi connectivity index (χ0n) is 5.05. The van der Waals surface area contributed by atoms with Crippen LogP contribution in [0.5, 0.6) is 0 Å². The molecule has 6 heteroatoms. The van der Waals surface area contributed by atoms with Crippen molar-refractivity contribution in [2.75, 3.05) is 0 Å². The molecular weight excluding hydrogens is 147 g/mol. The summed E-state index contributed by atoms with van der Waals surface area (Å²) in [6, 6.07) is 0. The van der Waals surface area contributed by atoms with Gasteiger partial charge in [-0.3, -0.25) is 0 Å². The molecule has 10 heavy (non-hydrogen) atoms. The second kappa shape index (κ2) is 1.96. The van der Waals surface area contributed by atoms with E-state index >= 15 is 0 Å². The summed E-state index contributed by atoms with van der Waals surface area (Å²) >= 11 is 0. The molecule has 3 nitrogen and oxygen atoms in total. The van der Waals surface area contributed by atoms with Gasteiger partial charge in [0.2, 0.25) is 0 Å². The van der Waals surface area contributed by atoms with Gasteiger partial charge in [-0.25, -0.2) is 0 Å². The fourth-order valence-electron chi connectivity index (χ4n) is 0.461. The molecule has 1 rings (SSSR count). The standard InChI is InChI=1S/C4H4F3N3/c1-3-2-8-10(9-3)4(5,6)7/h2H,1H3. The topological polar surface area (TPSA) is 30.7 Å². The van der Waals surface area contributed by atoms with E-state index in [0.717, 1.165) is 6.20 Å². The predicted octanol–water partition coefficient (Wildman–Crippen LogP) is 1.06. The summed E-state index contributed by atoms with van der Waals surface area (Å²) in [6.45, 7) is 1.44. The first-order chi connectivity index (χ1) is 4.50. The van der Waals surface area contributed by atoms with E-state index in [2.05, 4.69) is 10.2 Å². The maximum absolute atomic E-state index is 11.6. The highest BCUT2D eigenvalue weighted by Crippen LogP contribution is 2.18. The molecule has 0 aliphatic carbocycles. The van der Waals surface area contributed by atoms with E-state index in [4.69, 9.17) is 0 Å². The van der Waals surface area contributed by atoms with Crippen LogP contribution >= 0.6 is 0 Å². The number of rotatable bonds is 0. The third-order valence-electron chi connectivity index (χ3n) is 0.833. The Balaban J connectivity index is 2.96. The molecular formula is C4H4F3N3. The molecule has 0 saturated carbocycles. The summed E-state index contributed by atoms with van der Waals surface area (Å²) < 4.78 is 34.9. The van der Waals surface area contributed by atoms with Crippen molar-refractivity contribution in [1.82, 2.24) is 15.0 Å². The summed E-state index contributed by atoms with van der Waals surface area (Å²) in [5, 5.41) is 6.03. The SMILES string of the molecule is Cc1cnn(C(F)(F)F)n1. The molecule has 56 valence electrons. The van der Waals surface area contributed by atoms with E-state index in [1.165, 1.54) is 6.92 Å². The number of aromatic nitrogens is 3.